The Labute approximate surface area is 161 Å². The van der Waals surface area contributed by atoms with E-state index in [2.05, 4.69) is 20.6 Å². The predicted octanol–water partition coefficient (Wildman–Crippen LogP) is 3.95. The van der Waals surface area contributed by atoms with Crippen LogP contribution in [-0.4, -0.2) is 33.2 Å². The maximum atomic E-state index is 5.67. The average molecular weight is 373 g/mol. The minimum Gasteiger partial charge on any atom is -0.486 e. The molecular formula is C21H19N5O2. The Kier molecular flexibility index (Phi) is 3.86. The summed E-state index contributed by atoms with van der Waals surface area (Å²) in [6.45, 7) is 5.11. The minimum absolute atomic E-state index is 0.552. The van der Waals surface area contributed by atoms with Gasteiger partial charge in [0.15, 0.2) is 23.1 Å². The second kappa shape index (κ2) is 6.53. The van der Waals surface area contributed by atoms with Gasteiger partial charge in [0.25, 0.3) is 0 Å². The molecular weight excluding hydrogens is 354 g/mol. The Bertz CT molecular complexity index is 1180. The van der Waals surface area contributed by atoms with E-state index in [9.17, 15) is 0 Å². The quantitative estimate of drug-likeness (QED) is 0.586. The van der Waals surface area contributed by atoms with E-state index < -0.39 is 0 Å². The summed E-state index contributed by atoms with van der Waals surface area (Å²) in [5, 5.41) is 18.8. The highest BCUT2D eigenvalue weighted by Gasteiger charge is 2.15. The normalized spacial score (nSPS) is 12.9. The first kappa shape index (κ1) is 16.6. The highest BCUT2D eigenvalue weighted by molar-refractivity contribution is 5.97. The molecule has 2 aromatic heterocycles. The van der Waals surface area contributed by atoms with Gasteiger partial charge in [-0.25, -0.2) is 4.68 Å². The molecule has 0 aliphatic carbocycles. The van der Waals surface area contributed by atoms with Gasteiger partial charge in [-0.2, -0.15) is 5.10 Å². The fraction of sp³-hybridized carbons (Fsp3) is 0.190. The van der Waals surface area contributed by atoms with E-state index >= 15 is 0 Å². The molecule has 7 heteroatoms. The number of fused-ring (bicyclic) bond motifs is 2. The van der Waals surface area contributed by atoms with Gasteiger partial charge in [0, 0.05) is 28.2 Å². The van der Waals surface area contributed by atoms with Crippen molar-refractivity contribution in [1.29, 1.82) is 0 Å². The van der Waals surface area contributed by atoms with Crippen LogP contribution in [0.1, 0.15) is 11.4 Å². The molecule has 0 saturated carbocycles. The fourth-order valence-corrected chi connectivity index (χ4v) is 3.44. The number of rotatable bonds is 3. The third-order valence-electron chi connectivity index (χ3n) is 4.68. The average Bonchev–Trinajstić information content (AvgIpc) is 3.06. The lowest BCUT2D eigenvalue weighted by Gasteiger charge is -2.19. The second-order valence-electron chi connectivity index (χ2n) is 6.74. The van der Waals surface area contributed by atoms with Crippen LogP contribution in [0.15, 0.2) is 48.5 Å². The number of anilines is 2. The molecule has 0 radical (unpaired) electrons. The SMILES string of the molecule is Cc1cc(C)n(-c2nnc(Nc3ccc4c(c3)OCCO4)c3ccccc23)n1. The Morgan fingerprint density at radius 3 is 2.46 bits per heavy atom. The standard InChI is InChI=1S/C21H19N5O2/c1-13-11-14(2)26(25-13)21-17-6-4-3-5-16(17)20(23-24-21)22-15-7-8-18-19(12-15)28-10-9-27-18/h3-8,11-12H,9-10H2,1-2H3,(H,22,23). The lowest BCUT2D eigenvalue weighted by molar-refractivity contribution is 0.171. The summed E-state index contributed by atoms with van der Waals surface area (Å²) in [7, 11) is 0. The maximum absolute atomic E-state index is 5.67. The van der Waals surface area contributed by atoms with Gasteiger partial charge in [0.2, 0.25) is 0 Å². The number of nitrogens with one attached hydrogen (secondary N) is 1. The van der Waals surface area contributed by atoms with E-state index in [1.807, 2.05) is 67.1 Å². The molecule has 1 aliphatic rings. The van der Waals surface area contributed by atoms with Gasteiger partial charge < -0.3 is 14.8 Å². The molecule has 28 heavy (non-hydrogen) atoms. The van der Waals surface area contributed by atoms with Crippen molar-refractivity contribution in [3.05, 3.63) is 59.9 Å². The number of benzene rings is 2. The van der Waals surface area contributed by atoms with Crippen LogP contribution < -0.4 is 14.8 Å². The van der Waals surface area contributed by atoms with E-state index in [0.29, 0.717) is 24.8 Å². The van der Waals surface area contributed by atoms with Gasteiger partial charge in [-0.3, -0.25) is 0 Å². The van der Waals surface area contributed by atoms with Crippen LogP contribution >= 0.6 is 0 Å². The molecule has 7 nitrogen and oxygen atoms in total. The van der Waals surface area contributed by atoms with Crippen LogP contribution in [0, 0.1) is 13.8 Å². The van der Waals surface area contributed by atoms with Crippen LogP contribution in [0.2, 0.25) is 0 Å². The van der Waals surface area contributed by atoms with Crippen molar-refractivity contribution in [3.63, 3.8) is 0 Å². The van der Waals surface area contributed by atoms with Gasteiger partial charge in [0.05, 0.1) is 5.69 Å². The summed E-state index contributed by atoms with van der Waals surface area (Å²) in [5.74, 6) is 2.88. The Balaban J connectivity index is 1.58. The first-order valence-electron chi connectivity index (χ1n) is 9.15. The molecule has 0 fully saturated rings. The zero-order valence-corrected chi connectivity index (χ0v) is 15.6. The monoisotopic (exact) mass is 373 g/mol. The summed E-state index contributed by atoms with van der Waals surface area (Å²) in [5.41, 5.74) is 2.83. The van der Waals surface area contributed by atoms with E-state index in [1.165, 1.54) is 0 Å². The molecule has 0 spiro atoms. The molecule has 0 unspecified atom stereocenters. The van der Waals surface area contributed by atoms with Gasteiger partial charge in [-0.05, 0) is 32.0 Å². The van der Waals surface area contributed by atoms with E-state index in [-0.39, 0.29) is 0 Å². The van der Waals surface area contributed by atoms with Gasteiger partial charge in [0.1, 0.15) is 13.2 Å². The summed E-state index contributed by atoms with van der Waals surface area (Å²) >= 11 is 0. The molecule has 0 bridgehead atoms. The highest BCUT2D eigenvalue weighted by atomic mass is 16.6. The molecule has 3 heterocycles. The van der Waals surface area contributed by atoms with Crippen molar-refractivity contribution in [2.75, 3.05) is 18.5 Å². The van der Waals surface area contributed by atoms with Crippen molar-refractivity contribution in [2.24, 2.45) is 0 Å². The lowest BCUT2D eigenvalue weighted by Crippen LogP contribution is -2.15. The van der Waals surface area contributed by atoms with E-state index in [4.69, 9.17) is 9.47 Å². The number of hydrogen-bond acceptors (Lipinski definition) is 6. The van der Waals surface area contributed by atoms with Crippen molar-refractivity contribution < 1.29 is 9.47 Å². The topological polar surface area (TPSA) is 74.1 Å². The van der Waals surface area contributed by atoms with Gasteiger partial charge in [-0.1, -0.05) is 24.3 Å². The van der Waals surface area contributed by atoms with Crippen LogP contribution in [0.4, 0.5) is 11.5 Å². The lowest BCUT2D eigenvalue weighted by atomic mass is 10.1. The molecule has 5 rings (SSSR count). The number of hydrogen-bond donors (Lipinski definition) is 1. The zero-order chi connectivity index (χ0) is 19.1. The summed E-state index contributed by atoms with van der Waals surface area (Å²) < 4.78 is 13.1. The van der Waals surface area contributed by atoms with Crippen LogP contribution in [0.5, 0.6) is 11.5 Å². The molecule has 1 aliphatic heterocycles. The Morgan fingerprint density at radius 2 is 1.68 bits per heavy atom. The number of nitrogens with zero attached hydrogens (tertiary/aromatic N) is 4. The smallest absolute Gasteiger partial charge is 0.183 e. The van der Waals surface area contributed by atoms with E-state index in [1.54, 1.807) is 0 Å². The van der Waals surface area contributed by atoms with Gasteiger partial charge in [-0.15, -0.1) is 10.2 Å². The number of aryl methyl sites for hydroxylation is 2. The second-order valence-corrected chi connectivity index (χ2v) is 6.74. The van der Waals surface area contributed by atoms with Gasteiger partial charge >= 0.3 is 0 Å². The summed E-state index contributed by atoms with van der Waals surface area (Å²) in [6.07, 6.45) is 0. The van der Waals surface area contributed by atoms with Crippen molar-refractivity contribution in [3.8, 4) is 17.3 Å². The molecule has 0 amide bonds. The first-order valence-corrected chi connectivity index (χ1v) is 9.15. The minimum atomic E-state index is 0.552. The van der Waals surface area contributed by atoms with E-state index in [0.717, 1.165) is 39.3 Å². The highest BCUT2D eigenvalue weighted by Crippen LogP contribution is 2.34. The van der Waals surface area contributed by atoms with Crippen LogP contribution in [0.3, 0.4) is 0 Å². The summed E-state index contributed by atoms with van der Waals surface area (Å²) in [6, 6.07) is 15.8. The van der Waals surface area contributed by atoms with Crippen molar-refractivity contribution >= 4 is 22.3 Å². The van der Waals surface area contributed by atoms with Crippen molar-refractivity contribution in [2.45, 2.75) is 13.8 Å². The summed E-state index contributed by atoms with van der Waals surface area (Å²) in [4.78, 5) is 0. The fourth-order valence-electron chi connectivity index (χ4n) is 3.44. The Morgan fingerprint density at radius 1 is 0.893 bits per heavy atom. The maximum Gasteiger partial charge on any atom is 0.183 e. The number of aromatic nitrogens is 4. The third-order valence-corrected chi connectivity index (χ3v) is 4.68. The molecule has 2 aromatic carbocycles. The third kappa shape index (κ3) is 2.81. The Hall–Kier alpha value is -3.61. The van der Waals surface area contributed by atoms with Crippen LogP contribution in [-0.2, 0) is 0 Å². The largest absolute Gasteiger partial charge is 0.486 e. The number of ether oxygens (including phenoxy) is 2. The first-order chi connectivity index (χ1) is 13.7. The molecule has 4 aromatic rings. The molecule has 0 saturated heterocycles. The molecule has 140 valence electrons. The van der Waals surface area contributed by atoms with Crippen molar-refractivity contribution in [1.82, 2.24) is 20.0 Å². The molecule has 1 N–H and O–H groups in total. The predicted molar refractivity (Wildman–Crippen MR) is 107 cm³/mol. The van der Waals surface area contributed by atoms with Crippen LogP contribution in [0.25, 0.3) is 16.6 Å². The molecule has 0 atom stereocenters. The zero-order valence-electron chi connectivity index (χ0n) is 15.6.